The molecule has 0 aliphatic heterocycles. The van der Waals surface area contributed by atoms with Crippen molar-refractivity contribution in [2.24, 2.45) is 0 Å². The molecule has 8 nitrogen and oxygen atoms in total. The number of carbonyl (C=O) groups is 2. The van der Waals surface area contributed by atoms with E-state index in [4.69, 9.17) is 5.11 Å². The summed E-state index contributed by atoms with van der Waals surface area (Å²) in [5.41, 5.74) is 2.87. The molecule has 136 valence electrons. The number of nitrogens with one attached hydrogen (secondary N) is 1. The Kier molecular flexibility index (Phi) is 6.85. The van der Waals surface area contributed by atoms with Crippen LogP contribution >= 0.6 is 0 Å². The molecule has 0 aliphatic rings. The Bertz CT molecular complexity index is 741. The van der Waals surface area contributed by atoms with Crippen LogP contribution in [-0.4, -0.2) is 43.1 Å². The van der Waals surface area contributed by atoms with E-state index in [1.54, 1.807) is 4.52 Å². The number of unbranched alkanes of at least 4 members (excludes halogenated alkanes) is 3. The van der Waals surface area contributed by atoms with Gasteiger partial charge in [0.25, 0.3) is 5.78 Å². The average Bonchev–Trinajstić information content (AvgIpc) is 3.01. The van der Waals surface area contributed by atoms with E-state index in [0.29, 0.717) is 31.6 Å². The molecular formula is C17H25N5O3. The highest BCUT2D eigenvalue weighted by molar-refractivity contribution is 5.76. The molecule has 0 saturated heterocycles. The van der Waals surface area contributed by atoms with Crippen molar-refractivity contribution in [2.45, 2.75) is 58.8 Å². The largest absolute Gasteiger partial charge is 0.481 e. The first-order chi connectivity index (χ1) is 12.0. The minimum atomic E-state index is -0.752. The van der Waals surface area contributed by atoms with E-state index in [2.05, 4.69) is 20.4 Å². The standard InChI is InChI=1S/C17H25N5O3/c1-12-14(13(2)22-17(21-12)19-11-20-22)8-9-15(23)18-10-6-4-3-5-7-16(24)25/h11H,3-10H2,1-2H3,(H,18,23)(H,24,25). The van der Waals surface area contributed by atoms with Crippen molar-refractivity contribution in [1.82, 2.24) is 24.9 Å². The fourth-order valence-electron chi connectivity index (χ4n) is 2.83. The summed E-state index contributed by atoms with van der Waals surface area (Å²) in [6.07, 6.45) is 6.09. The number of carboxylic acid groups (broad SMARTS) is 1. The molecule has 0 aromatic carbocycles. The lowest BCUT2D eigenvalue weighted by atomic mass is 10.1. The SMILES string of the molecule is Cc1nc2ncnn2c(C)c1CCC(=O)NCCCCCCC(=O)O. The van der Waals surface area contributed by atoms with Crippen molar-refractivity contribution < 1.29 is 14.7 Å². The predicted molar refractivity (Wildman–Crippen MR) is 92.3 cm³/mol. The first-order valence-electron chi connectivity index (χ1n) is 8.63. The molecule has 25 heavy (non-hydrogen) atoms. The van der Waals surface area contributed by atoms with Gasteiger partial charge in [0, 0.05) is 30.8 Å². The van der Waals surface area contributed by atoms with Gasteiger partial charge in [-0.1, -0.05) is 12.8 Å². The van der Waals surface area contributed by atoms with Gasteiger partial charge in [-0.3, -0.25) is 9.59 Å². The van der Waals surface area contributed by atoms with Crippen molar-refractivity contribution in [3.05, 3.63) is 23.3 Å². The van der Waals surface area contributed by atoms with Gasteiger partial charge in [0.05, 0.1) is 0 Å². The highest BCUT2D eigenvalue weighted by atomic mass is 16.4. The Morgan fingerprint density at radius 1 is 1.16 bits per heavy atom. The summed E-state index contributed by atoms with van der Waals surface area (Å²) in [6, 6.07) is 0. The zero-order valence-electron chi connectivity index (χ0n) is 14.8. The molecule has 2 aromatic rings. The fourth-order valence-corrected chi connectivity index (χ4v) is 2.83. The van der Waals surface area contributed by atoms with Crippen LogP contribution < -0.4 is 5.32 Å². The highest BCUT2D eigenvalue weighted by Gasteiger charge is 2.12. The van der Waals surface area contributed by atoms with E-state index < -0.39 is 5.97 Å². The Labute approximate surface area is 146 Å². The number of amides is 1. The Morgan fingerprint density at radius 3 is 2.68 bits per heavy atom. The molecule has 0 spiro atoms. The Balaban J connectivity index is 1.71. The lowest BCUT2D eigenvalue weighted by molar-refractivity contribution is -0.137. The molecule has 0 bridgehead atoms. The summed E-state index contributed by atoms with van der Waals surface area (Å²) < 4.78 is 1.69. The van der Waals surface area contributed by atoms with Gasteiger partial charge in [0.2, 0.25) is 5.91 Å². The number of aromatic nitrogens is 4. The van der Waals surface area contributed by atoms with E-state index in [-0.39, 0.29) is 12.3 Å². The van der Waals surface area contributed by atoms with E-state index in [0.717, 1.165) is 36.2 Å². The number of carbonyl (C=O) groups excluding carboxylic acids is 1. The highest BCUT2D eigenvalue weighted by Crippen LogP contribution is 2.14. The molecule has 1 amide bonds. The third kappa shape index (κ3) is 5.51. The smallest absolute Gasteiger partial charge is 0.303 e. The fraction of sp³-hybridized carbons (Fsp3) is 0.588. The van der Waals surface area contributed by atoms with Crippen molar-refractivity contribution in [3.63, 3.8) is 0 Å². The zero-order chi connectivity index (χ0) is 18.2. The zero-order valence-corrected chi connectivity index (χ0v) is 14.8. The van der Waals surface area contributed by atoms with Crippen LogP contribution in [-0.2, 0) is 16.0 Å². The van der Waals surface area contributed by atoms with Gasteiger partial charge in [-0.15, -0.1) is 0 Å². The van der Waals surface area contributed by atoms with Crippen LogP contribution in [0.1, 0.15) is 55.5 Å². The van der Waals surface area contributed by atoms with Crippen LogP contribution in [0.5, 0.6) is 0 Å². The van der Waals surface area contributed by atoms with Crippen molar-refractivity contribution in [3.8, 4) is 0 Å². The number of hydrogen-bond donors (Lipinski definition) is 2. The van der Waals surface area contributed by atoms with Gasteiger partial charge in [-0.2, -0.15) is 10.1 Å². The molecule has 2 heterocycles. The molecule has 0 aliphatic carbocycles. The number of carboxylic acids is 1. The molecule has 2 aromatic heterocycles. The molecular weight excluding hydrogens is 322 g/mol. The Hall–Kier alpha value is -2.51. The molecule has 0 unspecified atom stereocenters. The van der Waals surface area contributed by atoms with E-state index >= 15 is 0 Å². The van der Waals surface area contributed by atoms with Gasteiger partial charge in [-0.25, -0.2) is 9.50 Å². The maximum Gasteiger partial charge on any atom is 0.303 e. The van der Waals surface area contributed by atoms with Gasteiger partial charge in [-0.05, 0) is 38.7 Å². The molecule has 0 fully saturated rings. The molecule has 2 N–H and O–H groups in total. The van der Waals surface area contributed by atoms with Gasteiger partial charge < -0.3 is 10.4 Å². The van der Waals surface area contributed by atoms with Crippen LogP contribution in [0.4, 0.5) is 0 Å². The number of hydrogen-bond acceptors (Lipinski definition) is 5. The summed E-state index contributed by atoms with van der Waals surface area (Å²) in [6.45, 7) is 4.51. The van der Waals surface area contributed by atoms with E-state index in [1.165, 1.54) is 6.33 Å². The van der Waals surface area contributed by atoms with E-state index in [1.807, 2.05) is 13.8 Å². The number of nitrogens with zero attached hydrogens (tertiary/aromatic N) is 4. The van der Waals surface area contributed by atoms with Crippen LogP contribution in [0.25, 0.3) is 5.78 Å². The van der Waals surface area contributed by atoms with E-state index in [9.17, 15) is 9.59 Å². The number of aryl methyl sites for hydroxylation is 2. The third-order valence-corrected chi connectivity index (χ3v) is 4.23. The topological polar surface area (TPSA) is 109 Å². The first-order valence-corrected chi connectivity index (χ1v) is 8.63. The quantitative estimate of drug-likeness (QED) is 0.635. The van der Waals surface area contributed by atoms with Crippen LogP contribution in [0.2, 0.25) is 0 Å². The Morgan fingerprint density at radius 2 is 1.92 bits per heavy atom. The average molecular weight is 347 g/mol. The predicted octanol–water partition coefficient (Wildman–Crippen LogP) is 1.83. The van der Waals surface area contributed by atoms with Crippen molar-refractivity contribution >= 4 is 17.7 Å². The minimum absolute atomic E-state index is 0.0167. The summed E-state index contributed by atoms with van der Waals surface area (Å²) in [7, 11) is 0. The van der Waals surface area contributed by atoms with Crippen molar-refractivity contribution in [1.29, 1.82) is 0 Å². The van der Waals surface area contributed by atoms with Gasteiger partial charge in [0.15, 0.2) is 0 Å². The lowest BCUT2D eigenvalue weighted by Gasteiger charge is -2.10. The molecule has 0 radical (unpaired) electrons. The number of aliphatic carboxylic acids is 1. The van der Waals surface area contributed by atoms with Gasteiger partial charge >= 0.3 is 5.97 Å². The number of fused-ring (bicyclic) bond motifs is 1. The van der Waals surface area contributed by atoms with Crippen LogP contribution in [0.15, 0.2) is 6.33 Å². The normalized spacial score (nSPS) is 11.0. The second kappa shape index (κ2) is 9.10. The second-order valence-electron chi connectivity index (χ2n) is 6.14. The third-order valence-electron chi connectivity index (χ3n) is 4.23. The summed E-state index contributed by atoms with van der Waals surface area (Å²) in [5, 5.41) is 15.6. The monoisotopic (exact) mass is 347 g/mol. The lowest BCUT2D eigenvalue weighted by Crippen LogP contribution is -2.25. The number of rotatable bonds is 10. The minimum Gasteiger partial charge on any atom is -0.481 e. The van der Waals surface area contributed by atoms with Crippen LogP contribution in [0.3, 0.4) is 0 Å². The first kappa shape index (κ1) is 18.8. The summed E-state index contributed by atoms with van der Waals surface area (Å²) in [4.78, 5) is 30.9. The second-order valence-corrected chi connectivity index (χ2v) is 6.14. The van der Waals surface area contributed by atoms with Crippen LogP contribution in [0, 0.1) is 13.8 Å². The molecule has 0 atom stereocenters. The molecule has 2 rings (SSSR count). The molecule has 8 heteroatoms. The summed E-state index contributed by atoms with van der Waals surface area (Å²) in [5.74, 6) is -0.161. The maximum atomic E-state index is 12.0. The summed E-state index contributed by atoms with van der Waals surface area (Å²) >= 11 is 0. The van der Waals surface area contributed by atoms with Crippen molar-refractivity contribution in [2.75, 3.05) is 6.54 Å². The maximum absolute atomic E-state index is 12.0. The van der Waals surface area contributed by atoms with Gasteiger partial charge in [0.1, 0.15) is 6.33 Å². The molecule has 0 saturated carbocycles.